The molecule has 0 saturated heterocycles. The fourth-order valence-electron chi connectivity index (χ4n) is 5.89. The van der Waals surface area contributed by atoms with Gasteiger partial charge in [0.1, 0.15) is 19.8 Å². The molecular formula is C44H80O7. The van der Waals surface area contributed by atoms with Gasteiger partial charge in [-0.15, -0.1) is 0 Å². The Hall–Kier alpha value is -2.15. The number of aliphatic hydroxyl groups is 1. The lowest BCUT2D eigenvalue weighted by atomic mass is 9.92. The Labute approximate surface area is 314 Å². The molecule has 0 atom stereocenters. The molecule has 298 valence electrons. The lowest BCUT2D eigenvalue weighted by Crippen LogP contribution is -2.42. The maximum Gasteiger partial charge on any atom is 0.305 e. The van der Waals surface area contributed by atoms with Crippen molar-refractivity contribution in [2.45, 2.75) is 207 Å². The molecule has 0 aromatic carbocycles. The maximum atomic E-state index is 12.5. The molecule has 7 nitrogen and oxygen atoms in total. The first-order valence-electron chi connectivity index (χ1n) is 21.3. The molecule has 0 spiro atoms. The molecule has 0 bridgehead atoms. The van der Waals surface area contributed by atoms with E-state index in [-0.39, 0.29) is 38.2 Å². The zero-order valence-electron chi connectivity index (χ0n) is 33.5. The van der Waals surface area contributed by atoms with Gasteiger partial charge in [0, 0.05) is 19.3 Å². The van der Waals surface area contributed by atoms with Crippen molar-refractivity contribution >= 4 is 17.9 Å². The van der Waals surface area contributed by atoms with Crippen molar-refractivity contribution in [1.29, 1.82) is 0 Å². The van der Waals surface area contributed by atoms with Gasteiger partial charge in [-0.25, -0.2) is 0 Å². The Kier molecular flexibility index (Phi) is 36.0. The Morgan fingerprint density at radius 3 is 1.04 bits per heavy atom. The molecule has 0 aromatic heterocycles. The first-order valence-corrected chi connectivity index (χ1v) is 21.3. The highest BCUT2D eigenvalue weighted by Crippen LogP contribution is 2.21. The Balaban J connectivity index is 4.19. The van der Waals surface area contributed by atoms with E-state index in [1.165, 1.54) is 103 Å². The van der Waals surface area contributed by atoms with Crippen LogP contribution in [-0.2, 0) is 28.6 Å². The molecule has 0 amide bonds. The number of allylic oxidation sites excluding steroid dienone is 4. The summed E-state index contributed by atoms with van der Waals surface area (Å²) in [6, 6.07) is 0. The van der Waals surface area contributed by atoms with Crippen molar-refractivity contribution in [2.75, 3.05) is 26.4 Å². The smallest absolute Gasteiger partial charge is 0.305 e. The summed E-state index contributed by atoms with van der Waals surface area (Å²) in [6.07, 6.45) is 40.9. The maximum absolute atomic E-state index is 12.5. The van der Waals surface area contributed by atoms with E-state index in [0.29, 0.717) is 12.8 Å². The Bertz CT molecular complexity index is 810. The minimum absolute atomic E-state index is 0.176. The van der Waals surface area contributed by atoms with Crippen LogP contribution in [0.5, 0.6) is 0 Å². The van der Waals surface area contributed by atoms with Gasteiger partial charge in [0.15, 0.2) is 0 Å². The van der Waals surface area contributed by atoms with Gasteiger partial charge in [-0.3, -0.25) is 14.4 Å². The van der Waals surface area contributed by atoms with Crippen molar-refractivity contribution in [3.63, 3.8) is 0 Å². The van der Waals surface area contributed by atoms with Crippen LogP contribution in [0, 0.1) is 5.41 Å². The quantitative estimate of drug-likeness (QED) is 0.0293. The van der Waals surface area contributed by atoms with E-state index in [4.69, 9.17) is 14.2 Å². The predicted molar refractivity (Wildman–Crippen MR) is 212 cm³/mol. The van der Waals surface area contributed by atoms with E-state index in [2.05, 4.69) is 38.2 Å². The summed E-state index contributed by atoms with van der Waals surface area (Å²) in [5.74, 6) is -1.13. The van der Waals surface area contributed by atoms with Crippen LogP contribution in [0.25, 0.3) is 0 Å². The third-order valence-electron chi connectivity index (χ3n) is 9.53. The Morgan fingerprint density at radius 2 is 0.725 bits per heavy atom. The third-order valence-corrected chi connectivity index (χ3v) is 9.53. The number of aliphatic hydroxyl groups excluding tert-OH is 1. The largest absolute Gasteiger partial charge is 0.465 e. The van der Waals surface area contributed by atoms with Gasteiger partial charge in [0.05, 0.1) is 12.0 Å². The molecule has 51 heavy (non-hydrogen) atoms. The number of ether oxygens (including phenoxy) is 3. The number of carbonyl (C=O) groups is 3. The van der Waals surface area contributed by atoms with Crippen LogP contribution >= 0.6 is 0 Å². The number of hydrogen-bond acceptors (Lipinski definition) is 7. The Morgan fingerprint density at radius 1 is 0.431 bits per heavy atom. The van der Waals surface area contributed by atoms with Crippen LogP contribution in [-0.4, -0.2) is 49.4 Å². The highest BCUT2D eigenvalue weighted by Gasteiger charge is 2.35. The zero-order valence-corrected chi connectivity index (χ0v) is 33.5. The van der Waals surface area contributed by atoms with Gasteiger partial charge in [-0.1, -0.05) is 148 Å². The van der Waals surface area contributed by atoms with Crippen LogP contribution in [0.3, 0.4) is 0 Å². The van der Waals surface area contributed by atoms with Gasteiger partial charge in [-0.2, -0.15) is 0 Å². The highest BCUT2D eigenvalue weighted by atomic mass is 16.6. The molecule has 1 N–H and O–H groups in total. The van der Waals surface area contributed by atoms with E-state index in [9.17, 15) is 19.5 Å². The minimum Gasteiger partial charge on any atom is -0.465 e. The fourth-order valence-corrected chi connectivity index (χ4v) is 5.89. The van der Waals surface area contributed by atoms with Crippen LogP contribution in [0.4, 0.5) is 0 Å². The molecule has 0 unspecified atom stereocenters. The number of carbonyl (C=O) groups excluding carboxylic acids is 3. The van der Waals surface area contributed by atoms with E-state index in [1.807, 2.05) is 0 Å². The molecule has 0 heterocycles. The first-order chi connectivity index (χ1) is 24.9. The number of unbranched alkanes of at least 4 members (excludes halogenated alkanes) is 22. The second-order valence-electron chi connectivity index (χ2n) is 14.7. The molecule has 7 heteroatoms. The predicted octanol–water partition coefficient (Wildman–Crippen LogP) is 12.1. The third kappa shape index (κ3) is 33.4. The molecule has 0 aliphatic rings. The molecular weight excluding hydrogens is 640 g/mol. The average Bonchev–Trinajstić information content (AvgIpc) is 3.14. The second kappa shape index (κ2) is 37.6. The van der Waals surface area contributed by atoms with Gasteiger partial charge in [0.2, 0.25) is 0 Å². The van der Waals surface area contributed by atoms with Crippen molar-refractivity contribution in [1.82, 2.24) is 0 Å². The summed E-state index contributed by atoms with van der Waals surface area (Å²) in [5.41, 5.74) is -1.18. The van der Waals surface area contributed by atoms with Crippen LogP contribution in [0.1, 0.15) is 207 Å². The molecule has 0 aliphatic heterocycles. The summed E-state index contributed by atoms with van der Waals surface area (Å²) in [5, 5.41) is 10.2. The van der Waals surface area contributed by atoms with Crippen molar-refractivity contribution < 1.29 is 33.7 Å². The summed E-state index contributed by atoms with van der Waals surface area (Å²) >= 11 is 0. The summed E-state index contributed by atoms with van der Waals surface area (Å²) in [6.45, 7) is 5.22. The fraction of sp³-hybridized carbons (Fsp3) is 0.841. The SMILES string of the molecule is CCCCCCCCC=CCCCCCCCC(=O)OCC(CO)(COC(=O)CC)COC(=O)CCCCCCCC=CCCCCCCCC. The van der Waals surface area contributed by atoms with Gasteiger partial charge in [0.25, 0.3) is 0 Å². The highest BCUT2D eigenvalue weighted by molar-refractivity contribution is 5.70. The van der Waals surface area contributed by atoms with Gasteiger partial charge in [-0.05, 0) is 64.2 Å². The van der Waals surface area contributed by atoms with Crippen LogP contribution in [0.15, 0.2) is 24.3 Å². The molecule has 0 fully saturated rings. The summed E-state index contributed by atoms with van der Waals surface area (Å²) < 4.78 is 16.3. The van der Waals surface area contributed by atoms with E-state index in [0.717, 1.165) is 64.2 Å². The summed E-state index contributed by atoms with van der Waals surface area (Å²) in [4.78, 5) is 36.9. The normalized spacial score (nSPS) is 12.8. The van der Waals surface area contributed by atoms with Crippen LogP contribution < -0.4 is 0 Å². The van der Waals surface area contributed by atoms with Gasteiger partial charge < -0.3 is 19.3 Å². The molecule has 0 aromatic rings. The first kappa shape index (κ1) is 48.9. The topological polar surface area (TPSA) is 99.1 Å². The number of hydrogen-bond donors (Lipinski definition) is 1. The van der Waals surface area contributed by atoms with Crippen molar-refractivity contribution in [3.05, 3.63) is 24.3 Å². The van der Waals surface area contributed by atoms with E-state index < -0.39 is 18.0 Å². The minimum atomic E-state index is -1.18. The van der Waals surface area contributed by atoms with Crippen LogP contribution in [0.2, 0.25) is 0 Å². The van der Waals surface area contributed by atoms with E-state index in [1.54, 1.807) is 6.92 Å². The monoisotopic (exact) mass is 721 g/mol. The molecule has 0 radical (unpaired) electrons. The molecule has 0 rings (SSSR count). The zero-order chi connectivity index (χ0) is 37.5. The van der Waals surface area contributed by atoms with Crippen molar-refractivity contribution in [3.8, 4) is 0 Å². The van der Waals surface area contributed by atoms with E-state index >= 15 is 0 Å². The molecule has 0 aliphatic carbocycles. The second-order valence-corrected chi connectivity index (χ2v) is 14.7. The summed E-state index contributed by atoms with van der Waals surface area (Å²) in [7, 11) is 0. The lowest BCUT2D eigenvalue weighted by Gasteiger charge is -2.30. The molecule has 0 saturated carbocycles. The van der Waals surface area contributed by atoms with Crippen molar-refractivity contribution in [2.24, 2.45) is 5.41 Å². The number of rotatable bonds is 38. The van der Waals surface area contributed by atoms with Gasteiger partial charge >= 0.3 is 17.9 Å². The number of esters is 3. The lowest BCUT2D eigenvalue weighted by molar-refractivity contribution is -0.165. The standard InChI is InChI=1S/C44H80O7/c1-4-7-9-11-13-15-17-19-21-23-25-27-29-31-33-35-42(47)50-39-44(37-45,38-49-41(46)6-3)40-51-43(48)36-34-32-30-28-26-24-22-20-18-16-14-12-10-8-5-2/h19-22,45H,4-18,23-40H2,1-3H3. The average molecular weight is 721 g/mol.